The van der Waals surface area contributed by atoms with E-state index in [0.29, 0.717) is 10.1 Å². The van der Waals surface area contributed by atoms with Crippen LogP contribution < -0.4 is 5.73 Å². The fourth-order valence-corrected chi connectivity index (χ4v) is 3.28. The second-order valence-corrected chi connectivity index (χ2v) is 6.11. The quantitative estimate of drug-likeness (QED) is 0.838. The maximum Gasteiger partial charge on any atom is 0.257 e. The highest BCUT2D eigenvalue weighted by atomic mass is 79.9. The van der Waals surface area contributed by atoms with E-state index in [1.807, 2.05) is 0 Å². The lowest BCUT2D eigenvalue weighted by molar-refractivity contribution is -0.00190. The summed E-state index contributed by atoms with van der Waals surface area (Å²) in [6.07, 6.45) is -1.83. The Hall–Kier alpha value is -0.330. The number of allylic oxidation sites excluding steroid dienone is 3. The van der Waals surface area contributed by atoms with Crippen molar-refractivity contribution in [1.82, 2.24) is 0 Å². The Kier molecular flexibility index (Phi) is 3.64. The van der Waals surface area contributed by atoms with Crippen molar-refractivity contribution in [2.24, 2.45) is 17.6 Å². The summed E-state index contributed by atoms with van der Waals surface area (Å²) in [5, 5.41) is 9.38. The predicted octanol–water partition coefficient (Wildman–Crippen LogP) is 2.87. The van der Waals surface area contributed by atoms with Crippen molar-refractivity contribution < 1.29 is 18.3 Å². The average molecular weight is 326 g/mol. The van der Waals surface area contributed by atoms with Crippen LogP contribution in [0.3, 0.4) is 0 Å². The fourth-order valence-electron chi connectivity index (χ4n) is 2.61. The van der Waals surface area contributed by atoms with Gasteiger partial charge in [0.1, 0.15) is 5.83 Å². The zero-order chi connectivity index (χ0) is 13.7. The van der Waals surface area contributed by atoms with Crippen molar-refractivity contribution in [3.05, 3.63) is 22.0 Å². The molecule has 3 N–H and O–H groups in total. The number of aliphatic hydroxyl groups excluding tert-OH is 1. The molecule has 0 spiro atoms. The normalized spacial score (nSPS) is 35.6. The van der Waals surface area contributed by atoms with Crippen LogP contribution in [0.2, 0.25) is 0 Å². The number of aliphatic hydroxyl groups is 1. The molecule has 18 heavy (non-hydrogen) atoms. The summed E-state index contributed by atoms with van der Waals surface area (Å²) >= 11 is 3.22. The standard InChI is InChI=1S/C12H15BrF3NO/c1-5-2-6(13)3-8(10(5)14)12(17,11(15)16)7-4-9(7)18/h2,7-9,11,18H,3-4,17H2,1H3/t7-,8?,9+,12-/m0/s1. The lowest BCUT2D eigenvalue weighted by Crippen LogP contribution is -2.57. The van der Waals surface area contributed by atoms with Crippen LogP contribution in [0.1, 0.15) is 19.8 Å². The summed E-state index contributed by atoms with van der Waals surface area (Å²) in [4.78, 5) is 0. The number of hydrogen-bond donors (Lipinski definition) is 2. The predicted molar refractivity (Wildman–Crippen MR) is 66.0 cm³/mol. The van der Waals surface area contributed by atoms with Gasteiger partial charge < -0.3 is 10.8 Å². The molecule has 2 nitrogen and oxygen atoms in total. The van der Waals surface area contributed by atoms with E-state index in [0.717, 1.165) is 0 Å². The molecule has 0 aromatic heterocycles. The number of hydrogen-bond acceptors (Lipinski definition) is 2. The van der Waals surface area contributed by atoms with Gasteiger partial charge in [-0.25, -0.2) is 13.2 Å². The Morgan fingerprint density at radius 1 is 1.56 bits per heavy atom. The van der Waals surface area contributed by atoms with Gasteiger partial charge in [0, 0.05) is 11.8 Å². The van der Waals surface area contributed by atoms with Crippen LogP contribution in [-0.2, 0) is 0 Å². The Balaban J connectivity index is 2.36. The molecule has 2 aliphatic rings. The van der Waals surface area contributed by atoms with Gasteiger partial charge in [0.25, 0.3) is 6.43 Å². The Morgan fingerprint density at radius 2 is 2.11 bits per heavy atom. The van der Waals surface area contributed by atoms with Crippen molar-refractivity contribution in [3.63, 3.8) is 0 Å². The Morgan fingerprint density at radius 3 is 2.56 bits per heavy atom. The molecule has 0 aromatic rings. The molecule has 0 radical (unpaired) electrons. The van der Waals surface area contributed by atoms with E-state index in [9.17, 15) is 18.3 Å². The molecule has 6 heteroatoms. The topological polar surface area (TPSA) is 46.2 Å². The van der Waals surface area contributed by atoms with Gasteiger partial charge in [0.2, 0.25) is 0 Å². The highest BCUT2D eigenvalue weighted by Crippen LogP contribution is 2.51. The second-order valence-electron chi connectivity index (χ2n) is 5.09. The lowest BCUT2D eigenvalue weighted by atomic mass is 9.75. The monoisotopic (exact) mass is 325 g/mol. The molecule has 0 aromatic carbocycles. The first-order valence-electron chi connectivity index (χ1n) is 5.75. The van der Waals surface area contributed by atoms with Crippen molar-refractivity contribution in [2.75, 3.05) is 0 Å². The molecular formula is C12H15BrF3NO. The summed E-state index contributed by atoms with van der Waals surface area (Å²) in [5.41, 5.74) is 4.10. The van der Waals surface area contributed by atoms with Crippen molar-refractivity contribution in [3.8, 4) is 0 Å². The van der Waals surface area contributed by atoms with Gasteiger partial charge in [-0.15, -0.1) is 0 Å². The molecule has 102 valence electrons. The Labute approximate surface area is 112 Å². The van der Waals surface area contributed by atoms with Gasteiger partial charge in [-0.2, -0.15) is 0 Å². The number of alkyl halides is 2. The average Bonchev–Trinajstić information content (AvgIpc) is 3.00. The fraction of sp³-hybridized carbons (Fsp3) is 0.667. The molecule has 1 saturated carbocycles. The van der Waals surface area contributed by atoms with Gasteiger partial charge in [-0.1, -0.05) is 15.9 Å². The third-order valence-corrected chi connectivity index (χ3v) is 4.39. The van der Waals surface area contributed by atoms with E-state index in [1.54, 1.807) is 6.08 Å². The van der Waals surface area contributed by atoms with E-state index in [-0.39, 0.29) is 12.8 Å². The van der Waals surface area contributed by atoms with Gasteiger partial charge in [-0.05, 0) is 35.9 Å². The van der Waals surface area contributed by atoms with Gasteiger partial charge in [0.05, 0.1) is 11.6 Å². The first kappa shape index (κ1) is 14.1. The first-order chi connectivity index (χ1) is 8.28. The maximum atomic E-state index is 14.1. The van der Waals surface area contributed by atoms with Crippen LogP contribution in [0.15, 0.2) is 22.0 Å². The van der Waals surface area contributed by atoms with Crippen LogP contribution in [0.4, 0.5) is 13.2 Å². The molecule has 0 aliphatic heterocycles. The van der Waals surface area contributed by atoms with E-state index in [1.165, 1.54) is 6.92 Å². The molecule has 4 atom stereocenters. The summed E-state index contributed by atoms with van der Waals surface area (Å²) in [7, 11) is 0. The smallest absolute Gasteiger partial charge is 0.257 e. The molecule has 2 aliphatic carbocycles. The summed E-state index contributed by atoms with van der Waals surface area (Å²) in [6.45, 7) is 1.53. The van der Waals surface area contributed by atoms with Crippen LogP contribution >= 0.6 is 15.9 Å². The molecule has 0 saturated heterocycles. The maximum absolute atomic E-state index is 14.1. The van der Waals surface area contributed by atoms with Crippen molar-refractivity contribution in [1.29, 1.82) is 0 Å². The SMILES string of the molecule is CC1=C(F)C([C@](N)(C(F)F)[C@H]2C[C@H]2O)CC(Br)=C1. The van der Waals surface area contributed by atoms with E-state index >= 15 is 0 Å². The van der Waals surface area contributed by atoms with Gasteiger partial charge in [0.15, 0.2) is 0 Å². The number of rotatable bonds is 3. The second kappa shape index (κ2) is 4.65. The zero-order valence-corrected chi connectivity index (χ0v) is 11.4. The summed E-state index contributed by atoms with van der Waals surface area (Å²) in [5.74, 6) is -2.42. The van der Waals surface area contributed by atoms with Crippen LogP contribution in [-0.4, -0.2) is 23.2 Å². The lowest BCUT2D eigenvalue weighted by Gasteiger charge is -2.38. The van der Waals surface area contributed by atoms with Gasteiger partial charge in [-0.3, -0.25) is 0 Å². The molecule has 1 unspecified atom stereocenters. The summed E-state index contributed by atoms with van der Waals surface area (Å²) < 4.78 is 41.4. The van der Waals surface area contributed by atoms with Crippen molar-refractivity contribution >= 4 is 15.9 Å². The van der Waals surface area contributed by atoms with E-state index in [4.69, 9.17) is 5.73 Å². The summed E-state index contributed by atoms with van der Waals surface area (Å²) in [6, 6.07) is 0. The largest absolute Gasteiger partial charge is 0.393 e. The number of nitrogens with two attached hydrogens (primary N) is 1. The molecular weight excluding hydrogens is 311 g/mol. The number of halogens is 4. The molecule has 2 rings (SSSR count). The van der Waals surface area contributed by atoms with Crippen LogP contribution in [0.5, 0.6) is 0 Å². The highest BCUT2D eigenvalue weighted by Gasteiger charge is 2.60. The van der Waals surface area contributed by atoms with E-state index in [2.05, 4.69) is 15.9 Å². The molecule has 0 bridgehead atoms. The molecule has 1 fully saturated rings. The van der Waals surface area contributed by atoms with Gasteiger partial charge >= 0.3 is 0 Å². The van der Waals surface area contributed by atoms with Crippen molar-refractivity contribution in [2.45, 2.75) is 37.8 Å². The molecule has 0 amide bonds. The third-order valence-electron chi connectivity index (χ3n) is 3.84. The van der Waals surface area contributed by atoms with Crippen LogP contribution in [0, 0.1) is 11.8 Å². The zero-order valence-electron chi connectivity index (χ0n) is 9.84. The van der Waals surface area contributed by atoms with E-state index < -0.39 is 35.7 Å². The third kappa shape index (κ3) is 2.14. The highest BCUT2D eigenvalue weighted by molar-refractivity contribution is 9.11. The van der Waals surface area contributed by atoms with Crippen LogP contribution in [0.25, 0.3) is 0 Å². The first-order valence-corrected chi connectivity index (χ1v) is 6.55. The minimum atomic E-state index is -2.87. The molecule has 0 heterocycles. The Bertz CT molecular complexity index is 424. The minimum Gasteiger partial charge on any atom is -0.393 e. The minimum absolute atomic E-state index is 0.104.